The minimum absolute atomic E-state index is 0.0472. The number of ether oxygens (including phenoxy) is 1. The molecule has 0 aliphatic carbocycles. The van der Waals surface area contributed by atoms with E-state index in [4.69, 9.17) is 16.3 Å². The maximum Gasteiger partial charge on any atom is 0.177 e. The molecule has 3 nitrogen and oxygen atoms in total. The van der Waals surface area contributed by atoms with Gasteiger partial charge in [0.1, 0.15) is 0 Å². The van der Waals surface area contributed by atoms with Gasteiger partial charge in [-0.05, 0) is 30.0 Å². The van der Waals surface area contributed by atoms with Gasteiger partial charge in [-0.15, -0.1) is 0 Å². The number of phenols is 1. The molecule has 0 spiro atoms. The molecule has 0 saturated carbocycles. The van der Waals surface area contributed by atoms with Gasteiger partial charge in [0.15, 0.2) is 11.5 Å². The molecule has 0 unspecified atom stereocenters. The Morgan fingerprint density at radius 2 is 2.31 bits per heavy atom. The number of halogens is 2. The minimum Gasteiger partial charge on any atom is -0.503 e. The summed E-state index contributed by atoms with van der Waals surface area (Å²) in [4.78, 5) is 0. The number of fused-ring (bicyclic) bond motifs is 1. The average molecular weight is 307 g/mol. The van der Waals surface area contributed by atoms with Crippen LogP contribution in [0.3, 0.4) is 0 Å². The fourth-order valence-corrected chi connectivity index (χ4v) is 2.79. The van der Waals surface area contributed by atoms with E-state index in [1.54, 1.807) is 0 Å². The third-order valence-corrected chi connectivity index (χ3v) is 3.80. The van der Waals surface area contributed by atoms with E-state index < -0.39 is 0 Å². The van der Waals surface area contributed by atoms with Gasteiger partial charge >= 0.3 is 0 Å². The number of methoxy groups -OCH3 is 1. The van der Waals surface area contributed by atoms with Gasteiger partial charge < -0.3 is 9.84 Å². The Morgan fingerprint density at radius 1 is 1.56 bits per heavy atom. The normalized spacial score (nSPS) is 16.7. The summed E-state index contributed by atoms with van der Waals surface area (Å²) in [7, 11) is 1.53. The van der Waals surface area contributed by atoms with Gasteiger partial charge in [-0.25, -0.2) is 3.93 Å². The van der Waals surface area contributed by atoms with Gasteiger partial charge in [-0.2, -0.15) is 0 Å². The molecule has 0 bridgehead atoms. The quantitative estimate of drug-likeness (QED) is 0.809. The van der Waals surface area contributed by atoms with Crippen LogP contribution in [0.1, 0.15) is 17.5 Å². The predicted molar refractivity (Wildman–Crippen MR) is 67.3 cm³/mol. The number of hydrogen-bond acceptors (Lipinski definition) is 3. The fraction of sp³-hybridized carbons (Fsp3) is 0.455. The smallest absolute Gasteiger partial charge is 0.177 e. The Morgan fingerprint density at radius 3 is 3.00 bits per heavy atom. The Labute approximate surface area is 108 Å². The first-order valence-corrected chi connectivity index (χ1v) is 6.20. The molecule has 2 rings (SSSR count). The molecule has 16 heavy (non-hydrogen) atoms. The first-order valence-electron chi connectivity index (χ1n) is 5.11. The fourth-order valence-electron chi connectivity index (χ4n) is 1.96. The monoisotopic (exact) mass is 305 g/mol. The second-order valence-electron chi connectivity index (χ2n) is 3.83. The van der Waals surface area contributed by atoms with Gasteiger partial charge in [0.05, 0.1) is 12.1 Å². The molecule has 0 radical (unpaired) electrons. The lowest BCUT2D eigenvalue weighted by molar-refractivity contribution is 0.372. The van der Waals surface area contributed by atoms with Crippen LogP contribution in [0.2, 0.25) is 5.02 Å². The largest absolute Gasteiger partial charge is 0.503 e. The molecule has 1 aromatic rings. The lowest BCUT2D eigenvalue weighted by atomic mass is 10.0. The van der Waals surface area contributed by atoms with Crippen molar-refractivity contribution in [3.63, 3.8) is 0 Å². The highest BCUT2D eigenvalue weighted by atomic mass is 79.9. The van der Waals surface area contributed by atoms with Gasteiger partial charge in [0.2, 0.25) is 0 Å². The maximum atomic E-state index is 9.83. The second-order valence-corrected chi connectivity index (χ2v) is 5.21. The molecule has 88 valence electrons. The SMILES string of the molecule is COc1cc2c(c(Cl)c1O)CCCN(Br)C2. The van der Waals surface area contributed by atoms with Crippen LogP contribution in [-0.2, 0) is 13.0 Å². The van der Waals surface area contributed by atoms with Crippen molar-refractivity contribution in [3.05, 3.63) is 22.2 Å². The summed E-state index contributed by atoms with van der Waals surface area (Å²) in [5, 5.41) is 10.3. The molecule has 0 aromatic heterocycles. The highest BCUT2D eigenvalue weighted by Crippen LogP contribution is 2.40. The number of nitrogens with zero attached hydrogens (tertiary/aromatic N) is 1. The number of hydrogen-bond donors (Lipinski definition) is 1. The van der Waals surface area contributed by atoms with E-state index in [9.17, 15) is 5.11 Å². The summed E-state index contributed by atoms with van der Waals surface area (Å²) in [6, 6.07) is 1.86. The highest BCUT2D eigenvalue weighted by Gasteiger charge is 2.20. The molecular weight excluding hydrogens is 293 g/mol. The lowest BCUT2D eigenvalue weighted by Gasteiger charge is -2.14. The topological polar surface area (TPSA) is 32.7 Å². The van der Waals surface area contributed by atoms with Crippen molar-refractivity contribution in [3.8, 4) is 11.5 Å². The van der Waals surface area contributed by atoms with Crippen molar-refractivity contribution in [2.24, 2.45) is 0 Å². The summed E-state index contributed by atoms with van der Waals surface area (Å²) in [5.74, 6) is 0.484. The van der Waals surface area contributed by atoms with Crippen molar-refractivity contribution >= 4 is 27.7 Å². The molecule has 1 N–H and O–H groups in total. The third-order valence-electron chi connectivity index (χ3n) is 2.79. The van der Waals surface area contributed by atoms with Crippen molar-refractivity contribution in [1.82, 2.24) is 3.93 Å². The van der Waals surface area contributed by atoms with Crippen LogP contribution in [0.5, 0.6) is 11.5 Å². The van der Waals surface area contributed by atoms with Crippen molar-refractivity contribution in [2.75, 3.05) is 13.7 Å². The molecule has 1 aliphatic rings. The number of phenolic OH excluding ortho intramolecular Hbond substituents is 1. The van der Waals surface area contributed by atoms with E-state index in [1.165, 1.54) is 7.11 Å². The summed E-state index contributed by atoms with van der Waals surface area (Å²) in [6.45, 7) is 1.74. The minimum atomic E-state index is 0.0472. The van der Waals surface area contributed by atoms with Gasteiger partial charge in [0.25, 0.3) is 0 Å². The summed E-state index contributed by atoms with van der Waals surface area (Å²) in [5.41, 5.74) is 2.14. The Bertz CT molecular complexity index is 411. The molecule has 0 atom stereocenters. The van der Waals surface area contributed by atoms with E-state index in [1.807, 2.05) is 6.07 Å². The third kappa shape index (κ3) is 2.14. The van der Waals surface area contributed by atoms with Crippen LogP contribution in [0.25, 0.3) is 0 Å². The summed E-state index contributed by atoms with van der Waals surface area (Å²) >= 11 is 9.64. The van der Waals surface area contributed by atoms with Crippen LogP contribution in [0, 0.1) is 0 Å². The standard InChI is InChI=1S/C11H13BrClNO2/c1-16-9-5-7-6-14(12)4-2-3-8(7)10(13)11(9)15/h5,15H,2-4,6H2,1H3. The molecule has 0 saturated heterocycles. The Balaban J connectivity index is 2.52. The molecular formula is C11H13BrClNO2. The number of aromatic hydroxyl groups is 1. The highest BCUT2D eigenvalue weighted by molar-refractivity contribution is 9.07. The average Bonchev–Trinajstić information content (AvgIpc) is 2.44. The number of benzene rings is 1. The van der Waals surface area contributed by atoms with Crippen LogP contribution >= 0.6 is 27.7 Å². The molecule has 1 aliphatic heterocycles. The van der Waals surface area contributed by atoms with Crippen LogP contribution < -0.4 is 4.74 Å². The molecule has 0 fully saturated rings. The van der Waals surface area contributed by atoms with E-state index in [0.29, 0.717) is 10.8 Å². The molecule has 5 heteroatoms. The van der Waals surface area contributed by atoms with Crippen LogP contribution in [0.4, 0.5) is 0 Å². The van der Waals surface area contributed by atoms with Crippen LogP contribution in [-0.4, -0.2) is 22.7 Å². The zero-order chi connectivity index (χ0) is 11.7. The van der Waals surface area contributed by atoms with Crippen LogP contribution in [0.15, 0.2) is 6.07 Å². The zero-order valence-electron chi connectivity index (χ0n) is 8.96. The van der Waals surface area contributed by atoms with Crippen molar-refractivity contribution in [2.45, 2.75) is 19.4 Å². The van der Waals surface area contributed by atoms with Crippen molar-refractivity contribution < 1.29 is 9.84 Å². The predicted octanol–water partition coefficient (Wildman–Crippen LogP) is 3.11. The van der Waals surface area contributed by atoms with Gasteiger partial charge in [0, 0.05) is 29.2 Å². The van der Waals surface area contributed by atoms with Crippen molar-refractivity contribution in [1.29, 1.82) is 0 Å². The van der Waals surface area contributed by atoms with E-state index in [-0.39, 0.29) is 5.75 Å². The zero-order valence-corrected chi connectivity index (χ0v) is 11.3. The van der Waals surface area contributed by atoms with Gasteiger partial charge in [-0.1, -0.05) is 11.6 Å². The van der Waals surface area contributed by atoms with E-state index in [2.05, 4.69) is 20.1 Å². The molecule has 1 heterocycles. The number of rotatable bonds is 1. The lowest BCUT2D eigenvalue weighted by Crippen LogP contribution is -2.09. The van der Waals surface area contributed by atoms with Gasteiger partial charge in [-0.3, -0.25) is 0 Å². The summed E-state index contributed by atoms with van der Waals surface area (Å²) in [6.07, 6.45) is 1.90. The van der Waals surface area contributed by atoms with E-state index >= 15 is 0 Å². The molecule has 1 aromatic carbocycles. The maximum absolute atomic E-state index is 9.83. The Hall–Kier alpha value is -0.450. The van der Waals surface area contributed by atoms with E-state index in [0.717, 1.165) is 37.1 Å². The first kappa shape index (κ1) is 12.0. The second kappa shape index (κ2) is 4.82. The summed E-state index contributed by atoms with van der Waals surface area (Å²) < 4.78 is 7.16. The first-order chi connectivity index (χ1) is 7.63. The molecule has 0 amide bonds. The Kier molecular flexibility index (Phi) is 3.62.